The Kier molecular flexibility index (Phi) is 13.8. The van der Waals surface area contributed by atoms with Crippen molar-refractivity contribution in [3.8, 4) is 0 Å². The molecule has 0 saturated heterocycles. The van der Waals surface area contributed by atoms with Crippen molar-refractivity contribution >= 4 is 46.1 Å². The van der Waals surface area contributed by atoms with E-state index in [0.717, 1.165) is 88.9 Å². The van der Waals surface area contributed by atoms with E-state index in [0.29, 0.717) is 21.2 Å². The molecule has 3 aromatic rings. The monoisotopic (exact) mass is 609 g/mol. The average Bonchev–Trinajstić information content (AvgIpc) is 3.00. The molecule has 1 aromatic heterocycles. The minimum absolute atomic E-state index is 0.169. The summed E-state index contributed by atoms with van der Waals surface area (Å²) in [6.45, 7) is 12.5. The average molecular weight is 611 g/mol. The van der Waals surface area contributed by atoms with Crippen molar-refractivity contribution in [2.45, 2.75) is 79.1 Å². The number of nitrogens with zero attached hydrogens (tertiary/aromatic N) is 3. The summed E-state index contributed by atoms with van der Waals surface area (Å²) in [7, 11) is 0. The van der Waals surface area contributed by atoms with E-state index in [1.165, 1.54) is 0 Å². The van der Waals surface area contributed by atoms with Crippen molar-refractivity contribution in [1.29, 1.82) is 0 Å². The third-order valence-corrected chi connectivity index (χ3v) is 8.09. The van der Waals surface area contributed by atoms with Crippen molar-refractivity contribution in [1.82, 2.24) is 4.98 Å². The van der Waals surface area contributed by atoms with E-state index in [4.69, 9.17) is 23.2 Å². The molecule has 5 nitrogen and oxygen atoms in total. The van der Waals surface area contributed by atoms with E-state index in [2.05, 4.69) is 42.5 Å². The molecule has 0 aliphatic carbocycles. The van der Waals surface area contributed by atoms with Gasteiger partial charge in [0.25, 0.3) is 0 Å². The first-order chi connectivity index (χ1) is 20.3. The van der Waals surface area contributed by atoms with Gasteiger partial charge in [0.05, 0.1) is 10.0 Å². The van der Waals surface area contributed by atoms with Crippen molar-refractivity contribution in [3.05, 3.63) is 87.2 Å². The summed E-state index contributed by atoms with van der Waals surface area (Å²) in [6, 6.07) is 16.0. The third kappa shape index (κ3) is 9.05. The third-order valence-electron chi connectivity index (χ3n) is 7.47. The first kappa shape index (κ1) is 33.6. The molecule has 0 atom stereocenters. The highest BCUT2D eigenvalue weighted by Crippen LogP contribution is 2.28. The standard InChI is InChI=1S/C35H45Cl2N3O2/c1-5-9-20-39(21-10-6-2)26-16-18-28(30(36)24-26)34(41)32-14-13-15-33(38-32)35(42)29-19-17-27(25-31(29)37)40(22-11-7-3)23-12-8-4/h13-19,24-25H,5-12,20-23H2,1-4H3. The molecule has 0 amide bonds. The molecule has 0 unspecified atom stereocenters. The molecular weight excluding hydrogens is 565 g/mol. The summed E-state index contributed by atoms with van der Waals surface area (Å²) in [6.07, 6.45) is 8.81. The van der Waals surface area contributed by atoms with Gasteiger partial charge in [-0.05, 0) is 74.2 Å². The molecule has 0 spiro atoms. The number of pyridine rings is 1. The lowest BCUT2D eigenvalue weighted by Crippen LogP contribution is -2.25. The zero-order chi connectivity index (χ0) is 30.5. The molecular formula is C35H45Cl2N3O2. The molecule has 7 heteroatoms. The van der Waals surface area contributed by atoms with E-state index < -0.39 is 0 Å². The maximum atomic E-state index is 13.5. The van der Waals surface area contributed by atoms with Crippen LogP contribution in [0.1, 0.15) is 111 Å². The molecule has 0 aliphatic heterocycles. The number of rotatable bonds is 18. The van der Waals surface area contributed by atoms with Crippen LogP contribution in [0.5, 0.6) is 0 Å². The van der Waals surface area contributed by atoms with Gasteiger partial charge in [-0.2, -0.15) is 0 Å². The van der Waals surface area contributed by atoms with Gasteiger partial charge in [-0.1, -0.05) is 82.6 Å². The fraction of sp³-hybridized carbons (Fsp3) is 0.457. The maximum absolute atomic E-state index is 13.5. The minimum atomic E-state index is -0.321. The van der Waals surface area contributed by atoms with E-state index >= 15 is 0 Å². The number of carbonyl (C=O) groups excluding carboxylic acids is 2. The highest BCUT2D eigenvalue weighted by molar-refractivity contribution is 6.36. The SMILES string of the molecule is CCCCN(CCCC)c1ccc(C(=O)c2cccc(C(=O)c3ccc(N(CCCC)CCCC)cc3Cl)n2)c(Cl)c1. The van der Waals surface area contributed by atoms with E-state index in [-0.39, 0.29) is 23.0 Å². The molecule has 0 aliphatic rings. The number of hydrogen-bond donors (Lipinski definition) is 0. The number of ketones is 2. The predicted molar refractivity (Wildman–Crippen MR) is 178 cm³/mol. The van der Waals surface area contributed by atoms with E-state index in [1.807, 2.05) is 24.3 Å². The number of benzene rings is 2. The van der Waals surface area contributed by atoms with Crippen LogP contribution >= 0.6 is 23.2 Å². The fourth-order valence-corrected chi connectivity index (χ4v) is 5.39. The summed E-state index contributed by atoms with van der Waals surface area (Å²) in [5.41, 5.74) is 3.09. The fourth-order valence-electron chi connectivity index (χ4n) is 4.87. The topological polar surface area (TPSA) is 53.5 Å². The van der Waals surface area contributed by atoms with Gasteiger partial charge < -0.3 is 9.80 Å². The quantitative estimate of drug-likeness (QED) is 0.134. The van der Waals surface area contributed by atoms with Gasteiger partial charge in [0.1, 0.15) is 11.4 Å². The zero-order valence-electron chi connectivity index (χ0n) is 25.6. The van der Waals surface area contributed by atoms with Crippen LogP contribution in [0.25, 0.3) is 0 Å². The second-order valence-electron chi connectivity index (χ2n) is 10.8. The van der Waals surface area contributed by atoms with Gasteiger partial charge >= 0.3 is 0 Å². The zero-order valence-corrected chi connectivity index (χ0v) is 27.1. The Bertz CT molecular complexity index is 1210. The molecule has 3 rings (SSSR count). The van der Waals surface area contributed by atoms with Crippen LogP contribution in [0.2, 0.25) is 10.0 Å². The lowest BCUT2D eigenvalue weighted by Gasteiger charge is -2.25. The van der Waals surface area contributed by atoms with Crippen LogP contribution in [0.3, 0.4) is 0 Å². The molecule has 226 valence electrons. The van der Waals surface area contributed by atoms with E-state index in [1.54, 1.807) is 30.3 Å². The molecule has 0 saturated carbocycles. The van der Waals surface area contributed by atoms with Crippen LogP contribution in [-0.4, -0.2) is 42.7 Å². The maximum Gasteiger partial charge on any atom is 0.212 e. The molecule has 2 aromatic carbocycles. The Morgan fingerprint density at radius 1 is 0.595 bits per heavy atom. The van der Waals surface area contributed by atoms with Crippen molar-refractivity contribution < 1.29 is 9.59 Å². The molecule has 0 radical (unpaired) electrons. The van der Waals surface area contributed by atoms with Crippen molar-refractivity contribution in [3.63, 3.8) is 0 Å². The summed E-state index contributed by atoms with van der Waals surface area (Å²) in [4.78, 5) is 36.0. The number of carbonyl (C=O) groups is 2. The Labute approximate surface area is 262 Å². The summed E-state index contributed by atoms with van der Waals surface area (Å²) in [5, 5.41) is 0.756. The number of aromatic nitrogens is 1. The summed E-state index contributed by atoms with van der Waals surface area (Å²) >= 11 is 13.3. The second kappa shape index (κ2) is 17.3. The van der Waals surface area contributed by atoms with Gasteiger partial charge in [0.2, 0.25) is 11.6 Å². The Balaban J connectivity index is 1.82. The van der Waals surface area contributed by atoms with Crippen LogP contribution < -0.4 is 9.80 Å². The first-order valence-electron chi connectivity index (χ1n) is 15.5. The number of hydrogen-bond acceptors (Lipinski definition) is 5. The van der Waals surface area contributed by atoms with Gasteiger partial charge in [0.15, 0.2) is 0 Å². The van der Waals surface area contributed by atoms with Crippen molar-refractivity contribution in [2.75, 3.05) is 36.0 Å². The van der Waals surface area contributed by atoms with E-state index in [9.17, 15) is 9.59 Å². The molecule has 42 heavy (non-hydrogen) atoms. The lowest BCUT2D eigenvalue weighted by atomic mass is 10.0. The van der Waals surface area contributed by atoms with Crippen LogP contribution in [0, 0.1) is 0 Å². The Hall–Kier alpha value is -2.89. The smallest absolute Gasteiger partial charge is 0.212 e. The van der Waals surface area contributed by atoms with Crippen LogP contribution in [0.4, 0.5) is 11.4 Å². The molecule has 0 bridgehead atoms. The predicted octanol–water partition coefficient (Wildman–Crippen LogP) is 9.66. The largest absolute Gasteiger partial charge is 0.371 e. The van der Waals surface area contributed by atoms with Crippen LogP contribution in [-0.2, 0) is 0 Å². The summed E-state index contributed by atoms with van der Waals surface area (Å²) in [5.74, 6) is -0.641. The Morgan fingerprint density at radius 3 is 1.26 bits per heavy atom. The first-order valence-corrected chi connectivity index (χ1v) is 16.2. The van der Waals surface area contributed by atoms with Crippen LogP contribution in [0.15, 0.2) is 54.6 Å². The second-order valence-corrected chi connectivity index (χ2v) is 11.6. The van der Waals surface area contributed by atoms with Gasteiger partial charge in [-0.3, -0.25) is 9.59 Å². The molecule has 0 fully saturated rings. The highest BCUT2D eigenvalue weighted by Gasteiger charge is 2.20. The highest BCUT2D eigenvalue weighted by atomic mass is 35.5. The number of unbranched alkanes of at least 4 members (excludes halogenated alkanes) is 4. The van der Waals surface area contributed by atoms with Crippen molar-refractivity contribution in [2.24, 2.45) is 0 Å². The molecule has 0 N–H and O–H groups in total. The van der Waals surface area contributed by atoms with Gasteiger partial charge in [0, 0.05) is 48.7 Å². The number of halogens is 2. The summed E-state index contributed by atoms with van der Waals surface area (Å²) < 4.78 is 0. The minimum Gasteiger partial charge on any atom is -0.371 e. The molecule has 1 heterocycles. The van der Waals surface area contributed by atoms with Gasteiger partial charge in [-0.15, -0.1) is 0 Å². The van der Waals surface area contributed by atoms with Gasteiger partial charge in [-0.25, -0.2) is 4.98 Å². The Morgan fingerprint density at radius 2 is 0.952 bits per heavy atom. The number of anilines is 2. The normalized spacial score (nSPS) is 11.0. The lowest BCUT2D eigenvalue weighted by molar-refractivity contribution is 0.103.